The number of aromatic nitrogens is 5. The number of piperidine rings is 1. The Bertz CT molecular complexity index is 3960. The number of ketones is 1. The number of carbonyl (C=O) groups is 7. The molecular formula is C74H92FN13O9S. The van der Waals surface area contributed by atoms with Gasteiger partial charge < -0.3 is 35.0 Å². The fraction of sp³-hybridized carbons (Fsp3) is 0.378. The quantitative estimate of drug-likeness (QED) is 0.0436. The van der Waals surface area contributed by atoms with E-state index in [9.17, 15) is 38.4 Å². The van der Waals surface area contributed by atoms with Gasteiger partial charge in [-0.25, -0.2) is 29.2 Å². The van der Waals surface area contributed by atoms with Crippen LogP contribution in [-0.2, 0) is 32.1 Å². The molecule has 7 aromatic rings. The van der Waals surface area contributed by atoms with E-state index in [4.69, 9.17) is 4.74 Å². The lowest BCUT2D eigenvalue weighted by Crippen LogP contribution is -2.55. The molecule has 22 nitrogen and oxygen atoms in total. The third kappa shape index (κ3) is 22.4. The van der Waals surface area contributed by atoms with Crippen LogP contribution in [0.3, 0.4) is 0 Å². The summed E-state index contributed by atoms with van der Waals surface area (Å²) >= 11 is 0. The van der Waals surface area contributed by atoms with Crippen molar-refractivity contribution in [3.05, 3.63) is 208 Å². The highest BCUT2D eigenvalue weighted by Crippen LogP contribution is 2.28. The zero-order chi connectivity index (χ0) is 70.2. The number of allylic oxidation sites excluding steroid dienone is 2. The molecule has 0 unspecified atom stereocenters. The van der Waals surface area contributed by atoms with Crippen molar-refractivity contribution in [2.75, 3.05) is 97.4 Å². The van der Waals surface area contributed by atoms with Crippen LogP contribution in [0.4, 0.5) is 14.9 Å². The Morgan fingerprint density at radius 1 is 0.745 bits per heavy atom. The van der Waals surface area contributed by atoms with Crippen molar-refractivity contribution in [1.29, 1.82) is 0 Å². The lowest BCUT2D eigenvalue weighted by molar-refractivity contribution is -0.134. The lowest BCUT2D eigenvalue weighted by Gasteiger charge is -2.40. The van der Waals surface area contributed by atoms with Crippen molar-refractivity contribution in [2.45, 2.75) is 86.8 Å². The maximum absolute atomic E-state index is 15.1. The number of fused-ring (bicyclic) bond motifs is 1. The smallest absolute Gasteiger partial charge is 0.411 e. The van der Waals surface area contributed by atoms with Gasteiger partial charge in [-0.2, -0.15) is 18.6 Å². The molecule has 3 N–H and O–H groups in total. The molecule has 0 bridgehead atoms. The highest BCUT2D eigenvalue weighted by atomic mass is 32.1. The average Bonchev–Trinajstić information content (AvgIpc) is 0.817. The molecule has 98 heavy (non-hydrogen) atoms. The molecule has 520 valence electrons. The Balaban J connectivity index is 0.000000593. The monoisotopic (exact) mass is 1360 g/mol. The van der Waals surface area contributed by atoms with E-state index in [1.54, 1.807) is 117 Å². The fourth-order valence-corrected chi connectivity index (χ4v) is 11.3. The third-order valence-electron chi connectivity index (χ3n) is 16.5. The Kier molecular flexibility index (Phi) is 29.7. The van der Waals surface area contributed by atoms with Crippen LogP contribution in [0, 0.1) is 18.7 Å². The number of likely N-dealkylation sites (N-methyl/N-ethyl adjacent to an activating group) is 1. The molecule has 0 radical (unpaired) electrons. The number of halogens is 1. The number of carbonyl (C=O) groups excluding carboxylic acids is 7. The number of aryl methyl sites for hydroxylation is 1. The number of nitrogens with zero attached hydrogens (tertiary/aromatic N) is 10. The van der Waals surface area contributed by atoms with E-state index in [0.717, 1.165) is 62.3 Å². The van der Waals surface area contributed by atoms with E-state index < -0.39 is 29.3 Å². The van der Waals surface area contributed by atoms with E-state index in [1.165, 1.54) is 17.3 Å². The fourth-order valence-electron chi connectivity index (χ4n) is 11.3. The number of rotatable bonds is 17. The molecule has 6 heterocycles. The Hall–Kier alpha value is -9.78. The first-order valence-electron chi connectivity index (χ1n) is 32.8. The molecule has 24 heteroatoms. The molecular weight excluding hydrogens is 1270 g/mol. The van der Waals surface area contributed by atoms with Gasteiger partial charge in [0.25, 0.3) is 17.4 Å². The number of piperazine rings is 2. The number of benzene rings is 4. The molecule has 0 spiro atoms. The first-order chi connectivity index (χ1) is 46.6. The minimum absolute atomic E-state index is 0. The Morgan fingerprint density at radius 3 is 2.00 bits per heavy atom. The first kappa shape index (κ1) is 77.2. The summed E-state index contributed by atoms with van der Waals surface area (Å²) in [6.07, 6.45) is 8.99. The summed E-state index contributed by atoms with van der Waals surface area (Å²) in [5.74, 6) is -1.45. The van der Waals surface area contributed by atoms with Crippen molar-refractivity contribution >= 4 is 71.4 Å². The molecule has 0 atom stereocenters. The number of aromatic amines is 1. The molecule has 3 aromatic heterocycles. The number of hydrogen-bond acceptors (Lipinski definition) is 15. The van der Waals surface area contributed by atoms with E-state index in [2.05, 4.69) is 52.2 Å². The van der Waals surface area contributed by atoms with E-state index >= 15 is 4.39 Å². The number of ether oxygens (including phenoxy) is 1. The lowest BCUT2D eigenvalue weighted by atomic mass is 9.95. The number of likely N-dealkylation sites (tertiary alicyclic amines) is 1. The first-order valence-corrected chi connectivity index (χ1v) is 32.8. The number of H-pyrrole nitrogens is 1. The topological polar surface area (TPSA) is 257 Å². The molecule has 3 aliphatic heterocycles. The largest absolute Gasteiger partial charge is 0.444 e. The van der Waals surface area contributed by atoms with Crippen LogP contribution < -0.4 is 16.2 Å². The number of anilines is 1. The number of nitrogens with one attached hydrogen (secondary N) is 3. The molecule has 3 fully saturated rings. The molecule has 3 aliphatic rings. The normalized spacial score (nSPS) is 14.3. The summed E-state index contributed by atoms with van der Waals surface area (Å²) in [5.41, 5.74) is 5.12. The highest BCUT2D eigenvalue weighted by molar-refractivity contribution is 7.59. The van der Waals surface area contributed by atoms with Crippen molar-refractivity contribution < 1.29 is 42.7 Å². The van der Waals surface area contributed by atoms with Crippen LogP contribution in [0.25, 0.3) is 21.9 Å². The van der Waals surface area contributed by atoms with Crippen LogP contribution in [-0.4, -0.2) is 194 Å². The van der Waals surface area contributed by atoms with Crippen LogP contribution in [0.5, 0.6) is 0 Å². The van der Waals surface area contributed by atoms with Crippen molar-refractivity contribution in [1.82, 2.24) is 59.9 Å². The van der Waals surface area contributed by atoms with Crippen LogP contribution in [0.15, 0.2) is 157 Å². The SMILES string of the molecule is C=C/C=C(\C)C(=O)NC.CC.CC(=O)c1ccccc1C.CC(C)(C)OC(=O)N(CC(=O)Nc1cc(-c2ccccc2)cnc1C(=O)N1CCC(CN2CCN(CC(=O)N3CCN(C(=O)c4cc(Cc5n[nH]c(=O)c6ccccc56)ccc4F)CC3)CC2)CC1)Cc1ccncn1.S. The van der Waals surface area contributed by atoms with Gasteiger partial charge in [-0.05, 0) is 107 Å². The standard InChI is InChI=1S/C56H63FN12O7.C9H10O.C7H11NO.C2H6.H2S/c1-56(2,3)76-55(75)69(34-42-15-18-58-37-60-42)35-49(70)61-48-31-41(40-9-5-4-6-10-40)32-59-51(48)54(74)67-19-16-38(17-20-67)33-64-21-23-65(24-22-64)36-50(71)66-25-27-68(28-26-66)53(73)45-29-39(13-14-46(45)57)30-47-43-11-7-8-12-44(43)52(72)63-62-47;1-7-5-3-4-6-9(7)8(2)10;1-4-5-6(2)7(9)8-3;1-2;/h4-15,18,29,31-32,37-38H,16-17,19-28,30,33-36H2,1-3H3,(H,61,70)(H,63,72);3-6H,1-2H3;4-5H,1H2,2-3H3,(H,8,9);1-2H3;1H2/b;;6-5+;;. The molecule has 3 saturated heterocycles. The van der Waals surface area contributed by atoms with Crippen molar-refractivity contribution in [3.63, 3.8) is 0 Å². The van der Waals surface area contributed by atoms with Gasteiger partial charge in [-0.1, -0.05) is 111 Å². The van der Waals surface area contributed by atoms with E-state index in [1.807, 2.05) is 87.5 Å². The summed E-state index contributed by atoms with van der Waals surface area (Å²) in [6, 6.07) is 32.1. The average molecular weight is 1360 g/mol. The van der Waals surface area contributed by atoms with E-state index in [-0.39, 0.29) is 92.2 Å². The molecule has 0 saturated carbocycles. The summed E-state index contributed by atoms with van der Waals surface area (Å²) in [6.45, 7) is 24.1. The maximum Gasteiger partial charge on any atom is 0.411 e. The Morgan fingerprint density at radius 2 is 1.38 bits per heavy atom. The van der Waals surface area contributed by atoms with Gasteiger partial charge in [0.1, 0.15) is 24.3 Å². The van der Waals surface area contributed by atoms with Crippen molar-refractivity contribution in [2.24, 2.45) is 5.92 Å². The highest BCUT2D eigenvalue weighted by Gasteiger charge is 2.32. The summed E-state index contributed by atoms with van der Waals surface area (Å²) < 4.78 is 20.8. The predicted octanol–water partition coefficient (Wildman–Crippen LogP) is 9.54. The van der Waals surface area contributed by atoms with Crippen LogP contribution >= 0.6 is 13.5 Å². The zero-order valence-corrected chi connectivity index (χ0v) is 58.6. The second-order valence-corrected chi connectivity index (χ2v) is 24.6. The molecule has 4 aromatic carbocycles. The Labute approximate surface area is 580 Å². The molecule has 10 rings (SSSR count). The minimum atomic E-state index is -0.810. The second kappa shape index (κ2) is 37.7. The molecule has 6 amide bonds. The van der Waals surface area contributed by atoms with Gasteiger partial charge in [0.2, 0.25) is 17.7 Å². The van der Waals surface area contributed by atoms with Gasteiger partial charge in [0, 0.05) is 120 Å². The summed E-state index contributed by atoms with van der Waals surface area (Å²) in [5, 5.41) is 13.3. The minimum Gasteiger partial charge on any atom is -0.444 e. The number of pyridine rings is 1. The number of Topliss-reactive ketones (excluding diaryl/α,β-unsaturated/α-hetero) is 1. The van der Waals surface area contributed by atoms with Crippen LogP contribution in [0.2, 0.25) is 0 Å². The zero-order valence-electron chi connectivity index (χ0n) is 57.6. The van der Waals surface area contributed by atoms with Gasteiger partial charge in [-0.15, -0.1) is 0 Å². The predicted molar refractivity (Wildman–Crippen MR) is 383 cm³/mol. The third-order valence-corrected chi connectivity index (χ3v) is 16.5. The molecule has 0 aliphatic carbocycles. The summed E-state index contributed by atoms with van der Waals surface area (Å²) in [4.78, 5) is 126. The van der Waals surface area contributed by atoms with Gasteiger partial charge in [0.15, 0.2) is 11.5 Å². The maximum atomic E-state index is 15.1. The summed E-state index contributed by atoms with van der Waals surface area (Å²) in [7, 11) is 1.60. The van der Waals surface area contributed by atoms with Crippen molar-refractivity contribution in [3.8, 4) is 11.1 Å². The van der Waals surface area contributed by atoms with Gasteiger partial charge in [0.05, 0.1) is 41.1 Å². The second-order valence-electron chi connectivity index (χ2n) is 24.6. The van der Waals surface area contributed by atoms with E-state index in [0.29, 0.717) is 77.4 Å². The van der Waals surface area contributed by atoms with Crippen LogP contribution in [0.1, 0.15) is 115 Å². The van der Waals surface area contributed by atoms with Gasteiger partial charge in [-0.3, -0.25) is 43.4 Å². The number of hydrogen-bond donors (Lipinski definition) is 3. The van der Waals surface area contributed by atoms with Gasteiger partial charge >= 0.3 is 6.09 Å². The number of amides is 6.